The van der Waals surface area contributed by atoms with E-state index in [0.29, 0.717) is 18.7 Å². The fourth-order valence-corrected chi connectivity index (χ4v) is 3.79. The summed E-state index contributed by atoms with van der Waals surface area (Å²) in [5.41, 5.74) is 5.54. The summed E-state index contributed by atoms with van der Waals surface area (Å²) in [5, 5.41) is 14.5. The molecule has 0 aliphatic rings. The number of aromatic nitrogens is 1. The largest absolute Gasteiger partial charge is 0.478 e. The van der Waals surface area contributed by atoms with E-state index in [1.54, 1.807) is 12.1 Å². The second-order valence-corrected chi connectivity index (χ2v) is 7.49. The molecule has 4 rings (SSSR count). The van der Waals surface area contributed by atoms with Gasteiger partial charge in [-0.15, -0.1) is 0 Å². The van der Waals surface area contributed by atoms with Crippen LogP contribution in [0.15, 0.2) is 72.9 Å². The Morgan fingerprint density at radius 1 is 1.03 bits per heavy atom. The molecule has 4 aromatic rings. The monoisotopic (exact) mass is 404 g/mol. The number of halogens is 1. The van der Waals surface area contributed by atoms with Crippen molar-refractivity contribution in [1.29, 1.82) is 0 Å². The van der Waals surface area contributed by atoms with E-state index in [2.05, 4.69) is 28.2 Å². The molecule has 0 aliphatic heterocycles. The molecule has 29 heavy (non-hydrogen) atoms. The van der Waals surface area contributed by atoms with Crippen LogP contribution < -0.4 is 5.32 Å². The molecule has 0 fully saturated rings. The Morgan fingerprint density at radius 3 is 2.55 bits per heavy atom. The van der Waals surface area contributed by atoms with Gasteiger partial charge >= 0.3 is 5.97 Å². The SMILES string of the molecule is Cc1cc(C(=O)O)ccc1NCc1cn(Cc2ccccc2Cl)c2ccccc12. The Bertz CT molecular complexity index is 1200. The number of benzene rings is 3. The number of carboxylic acids is 1. The highest BCUT2D eigenvalue weighted by Crippen LogP contribution is 2.26. The smallest absolute Gasteiger partial charge is 0.335 e. The van der Waals surface area contributed by atoms with Crippen LogP contribution in [0.25, 0.3) is 10.9 Å². The average Bonchev–Trinajstić information content (AvgIpc) is 3.06. The van der Waals surface area contributed by atoms with Crippen molar-refractivity contribution in [2.24, 2.45) is 0 Å². The summed E-state index contributed by atoms with van der Waals surface area (Å²) in [7, 11) is 0. The quantitative estimate of drug-likeness (QED) is 0.416. The van der Waals surface area contributed by atoms with Crippen LogP contribution in [-0.4, -0.2) is 15.6 Å². The number of rotatable bonds is 6. The Balaban J connectivity index is 1.61. The number of carbonyl (C=O) groups is 1. The molecule has 0 spiro atoms. The number of carboxylic acid groups (broad SMARTS) is 1. The van der Waals surface area contributed by atoms with Gasteiger partial charge in [-0.1, -0.05) is 48.0 Å². The topological polar surface area (TPSA) is 54.3 Å². The molecule has 0 radical (unpaired) electrons. The molecular weight excluding hydrogens is 384 g/mol. The van der Waals surface area contributed by atoms with Crippen LogP contribution in [-0.2, 0) is 13.1 Å². The number of hydrogen-bond donors (Lipinski definition) is 2. The van der Waals surface area contributed by atoms with Crippen molar-refractivity contribution in [3.63, 3.8) is 0 Å². The van der Waals surface area contributed by atoms with Crippen molar-refractivity contribution in [3.8, 4) is 0 Å². The summed E-state index contributed by atoms with van der Waals surface area (Å²) in [6.45, 7) is 3.26. The van der Waals surface area contributed by atoms with Crippen molar-refractivity contribution in [2.75, 3.05) is 5.32 Å². The molecule has 0 unspecified atom stereocenters. The van der Waals surface area contributed by atoms with E-state index in [9.17, 15) is 4.79 Å². The summed E-state index contributed by atoms with van der Waals surface area (Å²) in [6.07, 6.45) is 2.15. The van der Waals surface area contributed by atoms with Crippen LogP contribution in [0.1, 0.15) is 27.0 Å². The third-order valence-electron chi connectivity index (χ3n) is 5.11. The zero-order valence-electron chi connectivity index (χ0n) is 16.0. The van der Waals surface area contributed by atoms with Gasteiger partial charge in [0, 0.05) is 40.9 Å². The van der Waals surface area contributed by atoms with Gasteiger partial charge in [-0.25, -0.2) is 4.79 Å². The molecule has 0 atom stereocenters. The highest BCUT2D eigenvalue weighted by Gasteiger charge is 2.11. The van der Waals surface area contributed by atoms with Gasteiger partial charge in [0.2, 0.25) is 0 Å². The minimum atomic E-state index is -0.915. The first-order valence-corrected chi connectivity index (χ1v) is 9.78. The predicted molar refractivity (Wildman–Crippen MR) is 118 cm³/mol. The van der Waals surface area contributed by atoms with Gasteiger partial charge in [0.1, 0.15) is 0 Å². The summed E-state index contributed by atoms with van der Waals surface area (Å²) >= 11 is 6.36. The molecule has 5 heteroatoms. The number of anilines is 1. The zero-order valence-corrected chi connectivity index (χ0v) is 16.8. The molecule has 1 aromatic heterocycles. The molecule has 0 saturated carbocycles. The van der Waals surface area contributed by atoms with E-state index in [1.807, 2.05) is 49.4 Å². The van der Waals surface area contributed by atoms with E-state index >= 15 is 0 Å². The summed E-state index contributed by atoms with van der Waals surface area (Å²) in [6, 6.07) is 21.3. The predicted octanol–water partition coefficient (Wildman–Crippen LogP) is 5.96. The second-order valence-electron chi connectivity index (χ2n) is 7.08. The Labute approximate surface area is 174 Å². The minimum Gasteiger partial charge on any atom is -0.478 e. The zero-order chi connectivity index (χ0) is 20.4. The van der Waals surface area contributed by atoms with E-state index in [-0.39, 0.29) is 0 Å². The lowest BCUT2D eigenvalue weighted by molar-refractivity contribution is 0.0697. The van der Waals surface area contributed by atoms with Crippen LogP contribution in [0.3, 0.4) is 0 Å². The summed E-state index contributed by atoms with van der Waals surface area (Å²) in [5.74, 6) is -0.915. The average molecular weight is 405 g/mol. The fraction of sp³-hybridized carbons (Fsp3) is 0.125. The number of aryl methyl sites for hydroxylation is 1. The van der Waals surface area contributed by atoms with Gasteiger partial charge in [0.25, 0.3) is 0 Å². The van der Waals surface area contributed by atoms with Crippen molar-refractivity contribution >= 4 is 34.2 Å². The highest BCUT2D eigenvalue weighted by atomic mass is 35.5. The number of hydrogen-bond acceptors (Lipinski definition) is 2. The molecule has 2 N–H and O–H groups in total. The molecule has 0 saturated heterocycles. The molecule has 4 nitrogen and oxygen atoms in total. The maximum atomic E-state index is 11.1. The molecule has 0 bridgehead atoms. The molecule has 3 aromatic carbocycles. The Hall–Kier alpha value is -3.24. The number of nitrogens with one attached hydrogen (secondary N) is 1. The number of nitrogens with zero attached hydrogens (tertiary/aromatic N) is 1. The van der Waals surface area contributed by atoms with E-state index in [1.165, 1.54) is 10.9 Å². The van der Waals surface area contributed by atoms with Crippen molar-refractivity contribution in [3.05, 3.63) is 100 Å². The Kier molecular flexibility index (Phi) is 5.28. The van der Waals surface area contributed by atoms with Crippen LogP contribution >= 0.6 is 11.6 Å². The number of aromatic carboxylic acids is 1. The molecule has 1 heterocycles. The van der Waals surface area contributed by atoms with Crippen molar-refractivity contribution in [2.45, 2.75) is 20.0 Å². The second kappa shape index (κ2) is 8.02. The van der Waals surface area contributed by atoms with Gasteiger partial charge in [-0.05, 0) is 53.9 Å². The maximum Gasteiger partial charge on any atom is 0.335 e. The minimum absolute atomic E-state index is 0.296. The van der Waals surface area contributed by atoms with Gasteiger partial charge < -0.3 is 15.0 Å². The standard InChI is InChI=1S/C24H21ClN2O2/c1-16-12-17(24(28)29)10-11-22(16)26-13-19-15-27(23-9-5-3-7-20(19)23)14-18-6-2-4-8-21(18)25/h2-12,15,26H,13-14H2,1H3,(H,28,29). The van der Waals surface area contributed by atoms with E-state index in [4.69, 9.17) is 16.7 Å². The normalized spacial score (nSPS) is 11.0. The van der Waals surface area contributed by atoms with Crippen molar-refractivity contribution in [1.82, 2.24) is 4.57 Å². The lowest BCUT2D eigenvalue weighted by Gasteiger charge is -2.10. The number of para-hydroxylation sites is 1. The van der Waals surface area contributed by atoms with Crippen LogP contribution in [0, 0.1) is 6.92 Å². The highest BCUT2D eigenvalue weighted by molar-refractivity contribution is 6.31. The first kappa shape index (κ1) is 19.1. The lowest BCUT2D eigenvalue weighted by atomic mass is 10.1. The summed E-state index contributed by atoms with van der Waals surface area (Å²) in [4.78, 5) is 11.1. The molecule has 0 amide bonds. The number of fused-ring (bicyclic) bond motifs is 1. The van der Waals surface area contributed by atoms with E-state index in [0.717, 1.165) is 27.4 Å². The molecule has 0 aliphatic carbocycles. The molecule has 146 valence electrons. The maximum absolute atomic E-state index is 11.1. The first-order chi connectivity index (χ1) is 14.0. The molecular formula is C24H21ClN2O2. The van der Waals surface area contributed by atoms with Crippen molar-refractivity contribution < 1.29 is 9.90 Å². The van der Waals surface area contributed by atoms with Gasteiger partial charge in [0.05, 0.1) is 5.56 Å². The fourth-order valence-electron chi connectivity index (χ4n) is 3.59. The van der Waals surface area contributed by atoms with Gasteiger partial charge in [0.15, 0.2) is 0 Å². The first-order valence-electron chi connectivity index (χ1n) is 9.41. The van der Waals surface area contributed by atoms with Crippen LogP contribution in [0.2, 0.25) is 5.02 Å². The Morgan fingerprint density at radius 2 is 1.79 bits per heavy atom. The van der Waals surface area contributed by atoms with E-state index < -0.39 is 5.97 Å². The van der Waals surface area contributed by atoms with Gasteiger partial charge in [-0.2, -0.15) is 0 Å². The summed E-state index contributed by atoms with van der Waals surface area (Å²) < 4.78 is 2.22. The lowest BCUT2D eigenvalue weighted by Crippen LogP contribution is -2.03. The van der Waals surface area contributed by atoms with Crippen LogP contribution in [0.4, 0.5) is 5.69 Å². The van der Waals surface area contributed by atoms with Crippen LogP contribution in [0.5, 0.6) is 0 Å². The van der Waals surface area contributed by atoms with Gasteiger partial charge in [-0.3, -0.25) is 0 Å². The third-order valence-corrected chi connectivity index (χ3v) is 5.48. The third kappa shape index (κ3) is 3.98.